The monoisotopic (exact) mass is 494 g/mol. The molecule has 2 aromatic rings. The van der Waals surface area contributed by atoms with Gasteiger partial charge in [0.25, 0.3) is 0 Å². The first kappa shape index (κ1) is 27.6. The zero-order chi connectivity index (χ0) is 25.6. The SMILES string of the molecule is C[C@H]1CCCN(C(=O)OCc2ccccc2)CC1.C[C@H]1CCCN(C(=O)OCc2ccccc2)CC1. The third-order valence-corrected chi connectivity index (χ3v) is 6.96. The van der Waals surface area contributed by atoms with Gasteiger partial charge in [0.2, 0.25) is 0 Å². The van der Waals surface area contributed by atoms with Crippen molar-refractivity contribution in [3.8, 4) is 0 Å². The predicted molar refractivity (Wildman–Crippen MR) is 142 cm³/mol. The van der Waals surface area contributed by atoms with Gasteiger partial charge in [-0.2, -0.15) is 0 Å². The third-order valence-electron chi connectivity index (χ3n) is 6.96. The van der Waals surface area contributed by atoms with E-state index in [9.17, 15) is 9.59 Å². The van der Waals surface area contributed by atoms with Crippen LogP contribution in [0.15, 0.2) is 60.7 Å². The number of hydrogen-bond acceptors (Lipinski definition) is 4. The summed E-state index contributed by atoms with van der Waals surface area (Å²) >= 11 is 0. The minimum absolute atomic E-state index is 0.173. The molecule has 2 aliphatic rings. The summed E-state index contributed by atoms with van der Waals surface area (Å²) in [7, 11) is 0. The van der Waals surface area contributed by atoms with Gasteiger partial charge in [-0.15, -0.1) is 0 Å². The molecule has 0 bridgehead atoms. The van der Waals surface area contributed by atoms with Crippen LogP contribution < -0.4 is 0 Å². The second-order valence-corrected chi connectivity index (χ2v) is 10.1. The normalized spacial score (nSPS) is 20.3. The summed E-state index contributed by atoms with van der Waals surface area (Å²) in [5, 5.41) is 0. The van der Waals surface area contributed by atoms with Crippen molar-refractivity contribution < 1.29 is 19.1 Å². The molecule has 0 aromatic heterocycles. The van der Waals surface area contributed by atoms with Gasteiger partial charge in [0.05, 0.1) is 0 Å². The Kier molecular flexibility index (Phi) is 11.6. The molecule has 0 spiro atoms. The van der Waals surface area contributed by atoms with Crippen molar-refractivity contribution in [2.75, 3.05) is 26.2 Å². The lowest BCUT2D eigenvalue weighted by Gasteiger charge is -2.19. The number of likely N-dealkylation sites (tertiary alicyclic amines) is 2. The van der Waals surface area contributed by atoms with Crippen molar-refractivity contribution in [3.63, 3.8) is 0 Å². The zero-order valence-corrected chi connectivity index (χ0v) is 21.9. The number of rotatable bonds is 4. The second-order valence-electron chi connectivity index (χ2n) is 10.1. The number of amides is 2. The van der Waals surface area contributed by atoms with Gasteiger partial charge in [0.15, 0.2) is 0 Å². The van der Waals surface area contributed by atoms with Crippen molar-refractivity contribution in [2.45, 2.75) is 65.6 Å². The fraction of sp³-hybridized carbons (Fsp3) is 0.533. The number of nitrogens with zero attached hydrogens (tertiary/aromatic N) is 2. The lowest BCUT2D eigenvalue weighted by atomic mass is 10.0. The van der Waals surface area contributed by atoms with Crippen LogP contribution >= 0.6 is 0 Å². The Hall–Kier alpha value is -3.02. The first-order valence-corrected chi connectivity index (χ1v) is 13.4. The van der Waals surface area contributed by atoms with E-state index < -0.39 is 0 Å². The van der Waals surface area contributed by atoms with Crippen LogP contribution in [0.2, 0.25) is 0 Å². The van der Waals surface area contributed by atoms with Gasteiger partial charge in [-0.3, -0.25) is 0 Å². The second kappa shape index (κ2) is 15.2. The standard InChI is InChI=1S/2C15H21NO2/c2*1-13-6-5-10-16(11-9-13)15(17)18-12-14-7-3-2-4-8-14/h2*2-4,7-8,13H,5-6,9-12H2,1H3/t2*13-/m00/s1. The first-order chi connectivity index (χ1) is 17.5. The summed E-state index contributed by atoms with van der Waals surface area (Å²) in [4.78, 5) is 27.5. The van der Waals surface area contributed by atoms with Gasteiger partial charge in [-0.1, -0.05) is 74.5 Å². The average molecular weight is 495 g/mol. The van der Waals surface area contributed by atoms with E-state index >= 15 is 0 Å². The number of carbonyl (C=O) groups excluding carboxylic acids is 2. The largest absolute Gasteiger partial charge is 0.445 e. The quantitative estimate of drug-likeness (QED) is 0.464. The topological polar surface area (TPSA) is 59.1 Å². The molecule has 36 heavy (non-hydrogen) atoms. The molecule has 0 saturated carbocycles. The van der Waals surface area contributed by atoms with Crippen LogP contribution in [-0.2, 0) is 22.7 Å². The van der Waals surface area contributed by atoms with E-state index in [1.165, 1.54) is 12.8 Å². The Bertz CT molecular complexity index is 830. The molecule has 2 saturated heterocycles. The Balaban J connectivity index is 0.000000201. The molecule has 196 valence electrons. The molecule has 2 heterocycles. The van der Waals surface area contributed by atoms with Crippen LogP contribution in [-0.4, -0.2) is 48.2 Å². The van der Waals surface area contributed by atoms with E-state index in [0.29, 0.717) is 13.2 Å². The smallest absolute Gasteiger partial charge is 0.410 e. The van der Waals surface area contributed by atoms with E-state index in [0.717, 1.165) is 74.8 Å². The molecule has 0 unspecified atom stereocenters. The maximum absolute atomic E-state index is 11.9. The van der Waals surface area contributed by atoms with Crippen LogP contribution in [0.4, 0.5) is 9.59 Å². The van der Waals surface area contributed by atoms with E-state index in [1.54, 1.807) is 0 Å². The van der Waals surface area contributed by atoms with Crippen molar-refractivity contribution in [1.82, 2.24) is 9.80 Å². The lowest BCUT2D eigenvalue weighted by Crippen LogP contribution is -2.32. The number of benzene rings is 2. The highest BCUT2D eigenvalue weighted by molar-refractivity contribution is 5.68. The van der Waals surface area contributed by atoms with Crippen LogP contribution in [0.3, 0.4) is 0 Å². The molecule has 2 atom stereocenters. The summed E-state index contributed by atoms with van der Waals surface area (Å²) < 4.78 is 10.7. The first-order valence-electron chi connectivity index (χ1n) is 13.4. The summed E-state index contributed by atoms with van der Waals surface area (Å²) in [5.41, 5.74) is 2.07. The average Bonchev–Trinajstić information content (AvgIpc) is 3.27. The third kappa shape index (κ3) is 9.92. The molecule has 0 aliphatic carbocycles. The molecular formula is C30H42N2O4. The molecule has 2 aromatic carbocycles. The molecule has 4 rings (SSSR count). The minimum Gasteiger partial charge on any atom is -0.445 e. The maximum Gasteiger partial charge on any atom is 0.410 e. The summed E-state index contributed by atoms with van der Waals surface area (Å²) in [6.07, 6.45) is 6.41. The van der Waals surface area contributed by atoms with Gasteiger partial charge < -0.3 is 19.3 Å². The molecule has 2 amide bonds. The van der Waals surface area contributed by atoms with E-state index in [4.69, 9.17) is 9.47 Å². The van der Waals surface area contributed by atoms with E-state index in [-0.39, 0.29) is 12.2 Å². The Morgan fingerprint density at radius 2 is 1.03 bits per heavy atom. The van der Waals surface area contributed by atoms with Crippen molar-refractivity contribution in [3.05, 3.63) is 71.8 Å². The highest BCUT2D eigenvalue weighted by atomic mass is 16.6. The van der Waals surface area contributed by atoms with Crippen LogP contribution in [0.25, 0.3) is 0 Å². The zero-order valence-electron chi connectivity index (χ0n) is 21.9. The fourth-order valence-corrected chi connectivity index (χ4v) is 4.51. The summed E-state index contributed by atoms with van der Waals surface area (Å²) in [5.74, 6) is 1.44. The van der Waals surface area contributed by atoms with Crippen LogP contribution in [0, 0.1) is 11.8 Å². The van der Waals surface area contributed by atoms with Gasteiger partial charge in [0.1, 0.15) is 13.2 Å². The van der Waals surface area contributed by atoms with Crippen molar-refractivity contribution in [2.24, 2.45) is 11.8 Å². The van der Waals surface area contributed by atoms with E-state index in [1.807, 2.05) is 70.5 Å². The molecule has 6 nitrogen and oxygen atoms in total. The summed E-state index contributed by atoms with van der Waals surface area (Å²) in [6, 6.07) is 19.6. The Morgan fingerprint density at radius 1 is 0.639 bits per heavy atom. The van der Waals surface area contributed by atoms with Crippen LogP contribution in [0.1, 0.15) is 63.5 Å². The van der Waals surface area contributed by atoms with Crippen molar-refractivity contribution >= 4 is 12.2 Å². The molecular weight excluding hydrogens is 452 g/mol. The molecule has 0 N–H and O–H groups in total. The van der Waals surface area contributed by atoms with E-state index in [2.05, 4.69) is 13.8 Å². The van der Waals surface area contributed by atoms with Crippen molar-refractivity contribution in [1.29, 1.82) is 0 Å². The van der Waals surface area contributed by atoms with Gasteiger partial charge in [0, 0.05) is 26.2 Å². The number of hydrogen-bond donors (Lipinski definition) is 0. The molecule has 0 radical (unpaired) electrons. The maximum atomic E-state index is 11.9. The Labute approximate surface area is 216 Å². The molecule has 2 fully saturated rings. The Morgan fingerprint density at radius 3 is 1.42 bits per heavy atom. The lowest BCUT2D eigenvalue weighted by molar-refractivity contribution is 0.0964. The molecule has 2 aliphatic heterocycles. The highest BCUT2D eigenvalue weighted by Gasteiger charge is 2.20. The fourth-order valence-electron chi connectivity index (χ4n) is 4.51. The number of carbonyl (C=O) groups is 2. The number of ether oxygens (including phenoxy) is 2. The highest BCUT2D eigenvalue weighted by Crippen LogP contribution is 2.18. The van der Waals surface area contributed by atoms with Gasteiger partial charge in [-0.05, 0) is 61.5 Å². The van der Waals surface area contributed by atoms with Gasteiger partial charge >= 0.3 is 12.2 Å². The predicted octanol–water partition coefficient (Wildman–Crippen LogP) is 6.89. The molecule has 6 heteroatoms. The minimum atomic E-state index is -0.173. The van der Waals surface area contributed by atoms with Crippen LogP contribution in [0.5, 0.6) is 0 Å². The summed E-state index contributed by atoms with van der Waals surface area (Å²) in [6.45, 7) is 8.55. The van der Waals surface area contributed by atoms with Gasteiger partial charge in [-0.25, -0.2) is 9.59 Å².